The van der Waals surface area contributed by atoms with Gasteiger partial charge in [0.2, 0.25) is 11.9 Å². The minimum Gasteiger partial charge on any atom is -0.368 e. The Balaban J connectivity index is 1.87. The maximum Gasteiger partial charge on any atom is 0.228 e. The van der Waals surface area contributed by atoms with Crippen LogP contribution in [0.4, 0.5) is 16.3 Å². The van der Waals surface area contributed by atoms with E-state index in [-0.39, 0.29) is 23.8 Å². The van der Waals surface area contributed by atoms with Crippen LogP contribution in [0.2, 0.25) is 0 Å². The van der Waals surface area contributed by atoms with Crippen LogP contribution in [0.25, 0.3) is 10.2 Å². The number of aromatic nitrogens is 4. The zero-order valence-electron chi connectivity index (χ0n) is 13.0. The molecule has 1 unspecified atom stereocenters. The molecule has 120 valence electrons. The molecule has 0 spiro atoms. The van der Waals surface area contributed by atoms with E-state index in [4.69, 9.17) is 5.73 Å². The Morgan fingerprint density at radius 1 is 1.17 bits per heavy atom. The number of nitrogens with zero attached hydrogens (tertiary/aromatic N) is 4. The zero-order chi connectivity index (χ0) is 16.6. The molecule has 0 saturated carbocycles. The van der Waals surface area contributed by atoms with Crippen LogP contribution < -0.4 is 11.1 Å². The van der Waals surface area contributed by atoms with Crippen molar-refractivity contribution in [1.82, 2.24) is 19.9 Å². The van der Waals surface area contributed by atoms with Crippen molar-refractivity contribution in [2.24, 2.45) is 0 Å². The van der Waals surface area contributed by atoms with Crippen LogP contribution in [-0.4, -0.2) is 19.9 Å². The third-order valence-corrected chi connectivity index (χ3v) is 4.43. The van der Waals surface area contributed by atoms with Gasteiger partial charge in [0.05, 0.1) is 16.3 Å². The second-order valence-electron chi connectivity index (χ2n) is 5.70. The molecule has 0 radical (unpaired) electrons. The minimum atomic E-state index is -1.69. The number of thiazole rings is 1. The average Bonchev–Trinajstić information content (AvgIpc) is 2.89. The van der Waals surface area contributed by atoms with Crippen molar-refractivity contribution in [2.75, 3.05) is 11.1 Å². The molecule has 23 heavy (non-hydrogen) atoms. The lowest BCUT2D eigenvalue weighted by atomic mass is 10.1. The molecular formula is C15H17FN6S. The van der Waals surface area contributed by atoms with Gasteiger partial charge in [-0.05, 0) is 32.9 Å². The van der Waals surface area contributed by atoms with Crippen molar-refractivity contribution in [3.8, 4) is 0 Å². The van der Waals surface area contributed by atoms with E-state index in [0.717, 1.165) is 15.2 Å². The highest BCUT2D eigenvalue weighted by atomic mass is 32.1. The van der Waals surface area contributed by atoms with Crippen LogP contribution in [0.15, 0.2) is 24.3 Å². The summed E-state index contributed by atoms with van der Waals surface area (Å²) in [5, 5.41) is 4.01. The number of nitrogens with one attached hydrogen (secondary N) is 1. The predicted octanol–water partition coefficient (Wildman–Crippen LogP) is 3.44. The molecule has 1 aromatic carbocycles. The molecule has 0 amide bonds. The fraction of sp³-hybridized carbons (Fsp3) is 0.333. The van der Waals surface area contributed by atoms with Crippen LogP contribution >= 0.6 is 11.3 Å². The summed E-state index contributed by atoms with van der Waals surface area (Å²) < 4.78 is 15.1. The first-order valence-electron chi connectivity index (χ1n) is 7.16. The zero-order valence-corrected chi connectivity index (χ0v) is 13.9. The number of alkyl halides is 1. The van der Waals surface area contributed by atoms with Gasteiger partial charge < -0.3 is 11.1 Å². The van der Waals surface area contributed by atoms with Gasteiger partial charge in [-0.3, -0.25) is 0 Å². The van der Waals surface area contributed by atoms with E-state index in [9.17, 15) is 4.39 Å². The number of fused-ring (bicyclic) bond motifs is 1. The van der Waals surface area contributed by atoms with E-state index >= 15 is 0 Å². The third kappa shape index (κ3) is 3.37. The number of halogens is 1. The van der Waals surface area contributed by atoms with Crippen LogP contribution in [-0.2, 0) is 5.67 Å². The second kappa shape index (κ2) is 5.69. The second-order valence-corrected chi connectivity index (χ2v) is 6.76. The van der Waals surface area contributed by atoms with Gasteiger partial charge in [-0.2, -0.15) is 15.0 Å². The van der Waals surface area contributed by atoms with Crippen molar-refractivity contribution in [1.29, 1.82) is 0 Å². The molecule has 1 atom stereocenters. The monoisotopic (exact) mass is 332 g/mol. The van der Waals surface area contributed by atoms with Crippen molar-refractivity contribution in [3.05, 3.63) is 35.1 Å². The quantitative estimate of drug-likeness (QED) is 0.760. The van der Waals surface area contributed by atoms with Crippen LogP contribution in [0, 0.1) is 0 Å². The lowest BCUT2D eigenvalue weighted by Crippen LogP contribution is -2.19. The van der Waals surface area contributed by atoms with Gasteiger partial charge in [0.1, 0.15) is 5.01 Å². The number of rotatable bonds is 4. The SMILES string of the molecule is CC(Nc1nc(N)nc(C(C)(C)F)n1)c1nc2ccccc2s1. The summed E-state index contributed by atoms with van der Waals surface area (Å²) in [6, 6.07) is 7.78. The van der Waals surface area contributed by atoms with Crippen molar-refractivity contribution >= 4 is 33.5 Å². The van der Waals surface area contributed by atoms with Gasteiger partial charge >= 0.3 is 0 Å². The molecule has 3 rings (SSSR count). The fourth-order valence-electron chi connectivity index (χ4n) is 2.05. The largest absolute Gasteiger partial charge is 0.368 e. The van der Waals surface area contributed by atoms with Crippen molar-refractivity contribution in [2.45, 2.75) is 32.5 Å². The lowest BCUT2D eigenvalue weighted by molar-refractivity contribution is 0.206. The van der Waals surface area contributed by atoms with Gasteiger partial charge in [0.25, 0.3) is 0 Å². The van der Waals surface area contributed by atoms with Crippen LogP contribution in [0.3, 0.4) is 0 Å². The van der Waals surface area contributed by atoms with Gasteiger partial charge in [0, 0.05) is 0 Å². The molecular weight excluding hydrogens is 315 g/mol. The normalized spacial score (nSPS) is 13.2. The smallest absolute Gasteiger partial charge is 0.228 e. The van der Waals surface area contributed by atoms with E-state index in [0.29, 0.717) is 0 Å². The Hall–Kier alpha value is -2.35. The Morgan fingerprint density at radius 2 is 1.91 bits per heavy atom. The number of nitrogen functional groups attached to an aromatic ring is 1. The topological polar surface area (TPSA) is 89.6 Å². The first-order chi connectivity index (χ1) is 10.8. The predicted molar refractivity (Wildman–Crippen MR) is 90.0 cm³/mol. The number of benzene rings is 1. The highest BCUT2D eigenvalue weighted by molar-refractivity contribution is 7.18. The molecule has 2 aromatic heterocycles. The maximum atomic E-state index is 14.0. The Bertz CT molecular complexity index is 808. The van der Waals surface area contributed by atoms with Crippen molar-refractivity contribution < 1.29 is 4.39 Å². The van der Waals surface area contributed by atoms with E-state index < -0.39 is 5.67 Å². The molecule has 0 aliphatic rings. The van der Waals surface area contributed by atoms with Gasteiger partial charge in [-0.1, -0.05) is 12.1 Å². The van der Waals surface area contributed by atoms with Crippen LogP contribution in [0.5, 0.6) is 0 Å². The minimum absolute atomic E-state index is 0.00370. The molecule has 2 heterocycles. The molecule has 0 aliphatic carbocycles. The average molecular weight is 332 g/mol. The maximum absolute atomic E-state index is 14.0. The van der Waals surface area contributed by atoms with Crippen LogP contribution in [0.1, 0.15) is 37.6 Å². The summed E-state index contributed by atoms with van der Waals surface area (Å²) in [4.78, 5) is 16.6. The van der Waals surface area contributed by atoms with E-state index in [1.807, 2.05) is 31.2 Å². The first-order valence-corrected chi connectivity index (χ1v) is 7.97. The summed E-state index contributed by atoms with van der Waals surface area (Å²) in [5.41, 5.74) is 4.91. The summed E-state index contributed by atoms with van der Waals surface area (Å²) in [7, 11) is 0. The summed E-state index contributed by atoms with van der Waals surface area (Å²) in [5.74, 6) is 0.230. The third-order valence-electron chi connectivity index (χ3n) is 3.21. The summed E-state index contributed by atoms with van der Waals surface area (Å²) in [6.45, 7) is 4.70. The van der Waals surface area contributed by atoms with E-state index in [1.165, 1.54) is 13.8 Å². The number of nitrogens with two attached hydrogens (primary N) is 1. The Morgan fingerprint density at radius 3 is 2.61 bits per heavy atom. The number of para-hydroxylation sites is 1. The molecule has 0 fully saturated rings. The Kier molecular flexibility index (Phi) is 3.85. The van der Waals surface area contributed by atoms with Crippen molar-refractivity contribution in [3.63, 3.8) is 0 Å². The van der Waals surface area contributed by atoms with E-state index in [2.05, 4.69) is 25.3 Å². The van der Waals surface area contributed by atoms with Gasteiger partial charge in [-0.15, -0.1) is 11.3 Å². The van der Waals surface area contributed by atoms with E-state index in [1.54, 1.807) is 11.3 Å². The fourth-order valence-corrected chi connectivity index (χ4v) is 3.02. The molecule has 3 aromatic rings. The molecule has 0 aliphatic heterocycles. The molecule has 8 heteroatoms. The van der Waals surface area contributed by atoms with Gasteiger partial charge in [-0.25, -0.2) is 9.37 Å². The standard InChI is InChI=1S/C15H17FN6S/c1-8(11-19-9-6-4-5-7-10(9)23-11)18-14-21-12(15(2,3)16)20-13(17)22-14/h4-8H,1-3H3,(H3,17,18,20,21,22). The van der Waals surface area contributed by atoms with Gasteiger partial charge in [0.15, 0.2) is 11.5 Å². The highest BCUT2D eigenvalue weighted by Crippen LogP contribution is 2.28. The molecule has 0 saturated heterocycles. The molecule has 3 N–H and O–H groups in total. The summed E-state index contributed by atoms with van der Waals surface area (Å²) >= 11 is 1.59. The summed E-state index contributed by atoms with van der Waals surface area (Å²) in [6.07, 6.45) is 0. The lowest BCUT2D eigenvalue weighted by Gasteiger charge is -2.16. The molecule has 6 nitrogen and oxygen atoms in total. The Labute approximate surface area is 137 Å². The number of hydrogen-bond donors (Lipinski definition) is 2. The number of anilines is 2. The molecule has 0 bridgehead atoms. The highest BCUT2D eigenvalue weighted by Gasteiger charge is 2.24. The first kappa shape index (κ1) is 15.5. The number of hydrogen-bond acceptors (Lipinski definition) is 7.